The number of rotatable bonds is 6. The number of ether oxygens (including phenoxy) is 2. The number of piperidine rings is 1. The number of carbonyl (C=O) groups excluding carboxylic acids is 1. The van der Waals surface area contributed by atoms with E-state index in [1.54, 1.807) is 38.1 Å². The van der Waals surface area contributed by atoms with Gasteiger partial charge >= 0.3 is 0 Å². The Bertz CT molecular complexity index is 1300. The van der Waals surface area contributed by atoms with Gasteiger partial charge in [0.25, 0.3) is 0 Å². The highest BCUT2D eigenvalue weighted by Crippen LogP contribution is 2.37. The molecule has 1 aliphatic rings. The van der Waals surface area contributed by atoms with E-state index in [9.17, 15) is 4.79 Å². The third kappa shape index (κ3) is 4.16. The summed E-state index contributed by atoms with van der Waals surface area (Å²) in [7, 11) is 3.21. The average Bonchev–Trinajstić information content (AvgIpc) is 3.26. The van der Waals surface area contributed by atoms with E-state index >= 15 is 0 Å². The molecule has 4 aromatic rings. The minimum absolute atomic E-state index is 0.0113. The van der Waals surface area contributed by atoms with Crippen LogP contribution in [-0.2, 0) is 11.3 Å². The lowest BCUT2D eigenvalue weighted by molar-refractivity contribution is -0.125. The molecule has 0 atom stereocenters. The van der Waals surface area contributed by atoms with Gasteiger partial charge in [0.2, 0.25) is 5.91 Å². The second-order valence-corrected chi connectivity index (χ2v) is 9.00. The highest BCUT2D eigenvalue weighted by molar-refractivity contribution is 7.25. The van der Waals surface area contributed by atoms with Gasteiger partial charge in [-0.05, 0) is 42.7 Å². The van der Waals surface area contributed by atoms with Gasteiger partial charge in [-0.15, -0.1) is 11.3 Å². The number of nitrogens with zero attached hydrogens (tertiary/aromatic N) is 4. The molecular formula is C24H25N5O3S. The third-order valence-electron chi connectivity index (χ3n) is 6.09. The van der Waals surface area contributed by atoms with Crippen LogP contribution in [0, 0.1) is 5.92 Å². The Hall–Kier alpha value is -3.46. The van der Waals surface area contributed by atoms with Crippen LogP contribution in [-0.4, -0.2) is 48.2 Å². The van der Waals surface area contributed by atoms with Gasteiger partial charge in [0, 0.05) is 37.1 Å². The summed E-state index contributed by atoms with van der Waals surface area (Å²) >= 11 is 1.62. The van der Waals surface area contributed by atoms with E-state index in [1.807, 2.05) is 30.3 Å². The lowest BCUT2D eigenvalue weighted by Gasteiger charge is -2.32. The van der Waals surface area contributed by atoms with Gasteiger partial charge in [0.15, 0.2) is 11.5 Å². The van der Waals surface area contributed by atoms with Crippen molar-refractivity contribution in [3.8, 4) is 11.5 Å². The molecule has 1 fully saturated rings. The number of fused-ring (bicyclic) bond motifs is 3. The summed E-state index contributed by atoms with van der Waals surface area (Å²) in [6, 6.07) is 9.66. The fourth-order valence-corrected chi connectivity index (χ4v) is 5.42. The predicted molar refractivity (Wildman–Crippen MR) is 129 cm³/mol. The van der Waals surface area contributed by atoms with Crippen LogP contribution in [0.2, 0.25) is 0 Å². The van der Waals surface area contributed by atoms with Gasteiger partial charge in [-0.3, -0.25) is 4.79 Å². The van der Waals surface area contributed by atoms with Crippen molar-refractivity contribution in [1.29, 1.82) is 0 Å². The normalized spacial score (nSPS) is 14.5. The highest BCUT2D eigenvalue weighted by Gasteiger charge is 2.27. The number of pyridine rings is 1. The number of thiophene rings is 1. The van der Waals surface area contributed by atoms with Gasteiger partial charge in [-0.1, -0.05) is 6.07 Å². The molecule has 4 heterocycles. The molecule has 0 bridgehead atoms. The Balaban J connectivity index is 1.23. The SMILES string of the molecule is COc1ccc(CNC(=O)C2CCN(c3ncnc4c3sc3ncccc34)CC2)cc1OC. The van der Waals surface area contributed by atoms with Gasteiger partial charge in [0.05, 0.1) is 24.4 Å². The van der Waals surface area contributed by atoms with E-state index in [-0.39, 0.29) is 11.8 Å². The van der Waals surface area contributed by atoms with Crippen molar-refractivity contribution in [2.45, 2.75) is 19.4 Å². The zero-order valence-corrected chi connectivity index (χ0v) is 19.4. The summed E-state index contributed by atoms with van der Waals surface area (Å²) < 4.78 is 11.7. The standard InChI is InChI=1S/C24H25N5O3S/c1-31-18-6-5-15(12-19(18)32-2)13-26-23(30)16-7-10-29(11-8-16)22-21-20(27-14-28-22)17-4-3-9-25-24(17)33-21/h3-6,9,12,14,16H,7-8,10-11,13H2,1-2H3,(H,26,30). The average molecular weight is 464 g/mol. The number of carbonyl (C=O) groups is 1. The van der Waals surface area contributed by atoms with E-state index in [0.29, 0.717) is 18.0 Å². The molecule has 8 nitrogen and oxygen atoms in total. The number of nitrogens with one attached hydrogen (secondary N) is 1. The number of methoxy groups -OCH3 is 2. The molecule has 1 N–H and O–H groups in total. The van der Waals surface area contributed by atoms with E-state index < -0.39 is 0 Å². The van der Waals surface area contributed by atoms with Crippen LogP contribution in [0.25, 0.3) is 20.4 Å². The van der Waals surface area contributed by atoms with Gasteiger partial charge in [-0.2, -0.15) is 0 Å². The van der Waals surface area contributed by atoms with Crippen LogP contribution < -0.4 is 19.7 Å². The summed E-state index contributed by atoms with van der Waals surface area (Å²) in [6.07, 6.45) is 4.99. The molecule has 1 saturated heterocycles. The minimum atomic E-state index is -0.0113. The Morgan fingerprint density at radius 1 is 1.12 bits per heavy atom. The Labute approximate surface area is 195 Å². The van der Waals surface area contributed by atoms with Crippen molar-refractivity contribution in [3.63, 3.8) is 0 Å². The first-order valence-electron chi connectivity index (χ1n) is 10.9. The first-order valence-corrected chi connectivity index (χ1v) is 11.7. The second kappa shape index (κ2) is 9.19. The van der Waals surface area contributed by atoms with Crippen molar-refractivity contribution in [2.75, 3.05) is 32.2 Å². The number of hydrogen-bond donors (Lipinski definition) is 1. The topological polar surface area (TPSA) is 89.5 Å². The van der Waals surface area contributed by atoms with Gasteiger partial charge in [0.1, 0.15) is 17.0 Å². The molecule has 3 aromatic heterocycles. The highest BCUT2D eigenvalue weighted by atomic mass is 32.1. The van der Waals surface area contributed by atoms with E-state index in [4.69, 9.17) is 9.47 Å². The molecule has 0 spiro atoms. The van der Waals surface area contributed by atoms with Crippen molar-refractivity contribution < 1.29 is 14.3 Å². The molecule has 5 rings (SSSR count). The van der Waals surface area contributed by atoms with E-state index in [1.165, 1.54) is 0 Å². The number of benzene rings is 1. The second-order valence-electron chi connectivity index (χ2n) is 8.00. The molecule has 0 aliphatic carbocycles. The number of hydrogen-bond acceptors (Lipinski definition) is 8. The quantitative estimate of drug-likeness (QED) is 0.465. The number of amides is 1. The van der Waals surface area contributed by atoms with Crippen LogP contribution in [0.3, 0.4) is 0 Å². The monoisotopic (exact) mass is 463 g/mol. The lowest BCUT2D eigenvalue weighted by Crippen LogP contribution is -2.40. The van der Waals surface area contributed by atoms with Crippen molar-refractivity contribution in [3.05, 3.63) is 48.4 Å². The van der Waals surface area contributed by atoms with Gasteiger partial charge in [-0.25, -0.2) is 15.0 Å². The maximum absolute atomic E-state index is 12.8. The van der Waals surface area contributed by atoms with Crippen LogP contribution in [0.1, 0.15) is 18.4 Å². The predicted octanol–water partition coefficient (Wildman–Crippen LogP) is 3.79. The summed E-state index contributed by atoms with van der Waals surface area (Å²) in [5.41, 5.74) is 1.92. The molecule has 0 radical (unpaired) electrons. The zero-order valence-electron chi connectivity index (χ0n) is 18.6. The Kier molecular flexibility index (Phi) is 5.95. The maximum Gasteiger partial charge on any atom is 0.223 e. The number of anilines is 1. The van der Waals surface area contributed by atoms with Crippen molar-refractivity contribution in [2.24, 2.45) is 5.92 Å². The van der Waals surface area contributed by atoms with Crippen molar-refractivity contribution >= 4 is 43.5 Å². The van der Waals surface area contributed by atoms with Crippen LogP contribution in [0.4, 0.5) is 5.82 Å². The molecule has 9 heteroatoms. The van der Waals surface area contributed by atoms with Crippen LogP contribution >= 0.6 is 11.3 Å². The van der Waals surface area contributed by atoms with Gasteiger partial charge < -0.3 is 19.7 Å². The zero-order chi connectivity index (χ0) is 22.8. The smallest absolute Gasteiger partial charge is 0.223 e. The molecule has 0 saturated carbocycles. The largest absolute Gasteiger partial charge is 0.493 e. The third-order valence-corrected chi connectivity index (χ3v) is 7.19. The van der Waals surface area contributed by atoms with E-state index in [2.05, 4.69) is 25.2 Å². The van der Waals surface area contributed by atoms with Crippen LogP contribution in [0.15, 0.2) is 42.9 Å². The Morgan fingerprint density at radius 3 is 2.73 bits per heavy atom. The summed E-state index contributed by atoms with van der Waals surface area (Å²) in [4.78, 5) is 29.6. The minimum Gasteiger partial charge on any atom is -0.493 e. The summed E-state index contributed by atoms with van der Waals surface area (Å²) in [5, 5.41) is 4.13. The molecule has 170 valence electrons. The molecular weight excluding hydrogens is 438 g/mol. The van der Waals surface area contributed by atoms with E-state index in [0.717, 1.165) is 57.7 Å². The lowest BCUT2D eigenvalue weighted by atomic mass is 9.95. The molecule has 0 unspecified atom stereocenters. The fourth-order valence-electron chi connectivity index (χ4n) is 4.30. The molecule has 1 aromatic carbocycles. The first-order chi connectivity index (χ1) is 16.2. The number of aromatic nitrogens is 3. The summed E-state index contributed by atoms with van der Waals surface area (Å²) in [6.45, 7) is 2.02. The maximum atomic E-state index is 12.8. The van der Waals surface area contributed by atoms with Crippen molar-refractivity contribution in [1.82, 2.24) is 20.3 Å². The fraction of sp³-hybridized carbons (Fsp3) is 0.333. The van der Waals surface area contributed by atoms with Crippen LogP contribution in [0.5, 0.6) is 11.5 Å². The Morgan fingerprint density at radius 2 is 1.94 bits per heavy atom. The summed E-state index contributed by atoms with van der Waals surface area (Å²) in [5.74, 6) is 2.34. The molecule has 1 amide bonds. The molecule has 33 heavy (non-hydrogen) atoms. The molecule has 1 aliphatic heterocycles. The first kappa shape index (κ1) is 21.4.